The Morgan fingerprint density at radius 3 is 2.30 bits per heavy atom. The van der Waals surface area contributed by atoms with Gasteiger partial charge < -0.3 is 29.9 Å². The van der Waals surface area contributed by atoms with Crippen molar-refractivity contribution in [3.05, 3.63) is 46.6 Å². The molecule has 0 saturated carbocycles. The smallest absolute Gasteiger partial charge is 0.239 e. The van der Waals surface area contributed by atoms with Gasteiger partial charge in [0.2, 0.25) is 12.2 Å². The van der Waals surface area contributed by atoms with Crippen LogP contribution in [-0.4, -0.2) is 67.5 Å². The molecule has 0 spiro atoms. The number of aromatic nitrogens is 2. The van der Waals surface area contributed by atoms with Gasteiger partial charge in [0.15, 0.2) is 0 Å². The van der Waals surface area contributed by atoms with Crippen molar-refractivity contribution in [3.63, 3.8) is 0 Å². The molecule has 30 heavy (non-hydrogen) atoms. The predicted molar refractivity (Wildman–Crippen MR) is 110 cm³/mol. The lowest BCUT2D eigenvalue weighted by Crippen LogP contribution is -2.60. The molecule has 1 aliphatic heterocycles. The second-order valence-corrected chi connectivity index (χ2v) is 7.75. The van der Waals surface area contributed by atoms with Crippen molar-refractivity contribution in [2.75, 3.05) is 6.61 Å². The van der Waals surface area contributed by atoms with Crippen molar-refractivity contribution in [2.45, 2.75) is 77.3 Å². The van der Waals surface area contributed by atoms with Gasteiger partial charge in [-0.25, -0.2) is 0 Å². The first-order valence-electron chi connectivity index (χ1n) is 10.5. The molecular weight excluding hydrogens is 388 g/mol. The number of hydrogen-bond donors (Lipinski definition) is 4. The highest BCUT2D eigenvalue weighted by Crippen LogP contribution is 2.29. The number of aryl methyl sites for hydroxylation is 2. The second kappa shape index (κ2) is 9.89. The maximum atomic E-state index is 10.3. The van der Waals surface area contributed by atoms with E-state index in [1.807, 2.05) is 11.6 Å². The van der Waals surface area contributed by atoms with Crippen molar-refractivity contribution in [3.8, 4) is 5.88 Å². The zero-order valence-corrected chi connectivity index (χ0v) is 17.7. The Labute approximate surface area is 176 Å². The summed E-state index contributed by atoms with van der Waals surface area (Å²) in [5.74, 6) is 0.310. The molecule has 166 valence electrons. The summed E-state index contributed by atoms with van der Waals surface area (Å²) in [5, 5.41) is 44.3. The van der Waals surface area contributed by atoms with Crippen LogP contribution in [0.4, 0.5) is 0 Å². The Kier molecular flexibility index (Phi) is 7.49. The molecule has 0 aliphatic carbocycles. The normalized spacial score (nSPS) is 26.7. The summed E-state index contributed by atoms with van der Waals surface area (Å²) in [7, 11) is 0. The fourth-order valence-electron chi connectivity index (χ4n) is 3.65. The van der Waals surface area contributed by atoms with Gasteiger partial charge in [-0.05, 0) is 30.9 Å². The maximum absolute atomic E-state index is 10.3. The molecule has 0 bridgehead atoms. The average molecular weight is 421 g/mol. The lowest BCUT2D eigenvalue weighted by Gasteiger charge is -2.39. The Balaban J connectivity index is 1.88. The van der Waals surface area contributed by atoms with Gasteiger partial charge in [-0.15, -0.1) is 5.10 Å². The van der Waals surface area contributed by atoms with E-state index < -0.39 is 37.3 Å². The van der Waals surface area contributed by atoms with Gasteiger partial charge in [0.25, 0.3) is 0 Å². The molecule has 1 aromatic heterocycles. The molecule has 2 heterocycles. The minimum atomic E-state index is -1.50. The maximum Gasteiger partial charge on any atom is 0.239 e. The van der Waals surface area contributed by atoms with Crippen LogP contribution in [0.1, 0.15) is 42.7 Å². The minimum Gasteiger partial charge on any atom is -0.443 e. The highest BCUT2D eigenvalue weighted by molar-refractivity contribution is 5.37. The van der Waals surface area contributed by atoms with Crippen molar-refractivity contribution in [1.82, 2.24) is 9.78 Å². The molecule has 5 atom stereocenters. The third-order valence-electron chi connectivity index (χ3n) is 5.62. The largest absolute Gasteiger partial charge is 0.443 e. The van der Waals surface area contributed by atoms with Crippen molar-refractivity contribution in [2.24, 2.45) is 0 Å². The van der Waals surface area contributed by atoms with Crippen LogP contribution in [-0.2, 0) is 24.1 Å². The molecule has 1 saturated heterocycles. The highest BCUT2D eigenvalue weighted by Gasteiger charge is 2.45. The van der Waals surface area contributed by atoms with Crippen LogP contribution >= 0.6 is 0 Å². The SMILES string of the molecule is CCCn1nc(OC2O[C@H](CO)[C@@H](O)[C@H](O)[C@H]2O)c(Cc2ccc(CC)cc2)c1C. The number of ether oxygens (including phenoxy) is 2. The Hall–Kier alpha value is -1.97. The molecule has 1 fully saturated rings. The molecular formula is C22H32N2O6. The van der Waals surface area contributed by atoms with E-state index in [1.54, 1.807) is 0 Å². The van der Waals surface area contributed by atoms with E-state index in [0.717, 1.165) is 29.7 Å². The van der Waals surface area contributed by atoms with Crippen molar-refractivity contribution in [1.29, 1.82) is 0 Å². The summed E-state index contributed by atoms with van der Waals surface area (Å²) in [6.45, 7) is 6.34. The van der Waals surface area contributed by atoms with E-state index >= 15 is 0 Å². The molecule has 8 nitrogen and oxygen atoms in total. The molecule has 1 unspecified atom stereocenters. The number of hydrogen-bond acceptors (Lipinski definition) is 7. The van der Waals surface area contributed by atoms with Crippen LogP contribution in [0.3, 0.4) is 0 Å². The van der Waals surface area contributed by atoms with E-state index in [2.05, 4.69) is 43.2 Å². The molecule has 0 amide bonds. The van der Waals surface area contributed by atoms with Crippen molar-refractivity contribution < 1.29 is 29.9 Å². The first-order valence-corrected chi connectivity index (χ1v) is 10.5. The number of rotatable bonds is 8. The van der Waals surface area contributed by atoms with Gasteiger partial charge in [0.05, 0.1) is 6.61 Å². The summed E-state index contributed by atoms with van der Waals surface area (Å²) in [5.41, 5.74) is 4.18. The molecule has 1 aliphatic rings. The lowest BCUT2D eigenvalue weighted by molar-refractivity contribution is -0.278. The summed E-state index contributed by atoms with van der Waals surface area (Å²) >= 11 is 0. The van der Waals surface area contributed by atoms with Gasteiger partial charge in [-0.2, -0.15) is 0 Å². The highest BCUT2D eigenvalue weighted by atomic mass is 16.7. The summed E-state index contributed by atoms with van der Waals surface area (Å²) in [4.78, 5) is 0. The van der Waals surface area contributed by atoms with Crippen LogP contribution in [0.25, 0.3) is 0 Å². The van der Waals surface area contributed by atoms with Gasteiger partial charge in [0.1, 0.15) is 24.4 Å². The van der Waals surface area contributed by atoms with Crippen molar-refractivity contribution >= 4 is 0 Å². The zero-order chi connectivity index (χ0) is 21.8. The minimum absolute atomic E-state index is 0.310. The topological polar surface area (TPSA) is 117 Å². The standard InChI is InChI=1S/C22H32N2O6/c1-4-10-24-13(3)16(11-15-8-6-14(5-2)7-9-15)21(23-24)30-22-20(28)19(27)18(26)17(12-25)29-22/h6-9,17-20,22,25-28H,4-5,10-12H2,1-3H3/t17-,18-,19+,20-,22?/m1/s1. The van der Waals surface area contributed by atoms with E-state index in [1.165, 1.54) is 5.56 Å². The van der Waals surface area contributed by atoms with Gasteiger partial charge >= 0.3 is 0 Å². The third kappa shape index (κ3) is 4.68. The summed E-state index contributed by atoms with van der Waals surface area (Å²) in [6, 6.07) is 8.35. The van der Waals surface area contributed by atoms with Crippen LogP contribution in [0.5, 0.6) is 5.88 Å². The Morgan fingerprint density at radius 2 is 1.70 bits per heavy atom. The number of aliphatic hydroxyl groups excluding tert-OH is 4. The number of benzene rings is 1. The first-order chi connectivity index (χ1) is 14.4. The molecule has 4 N–H and O–H groups in total. The van der Waals surface area contributed by atoms with E-state index in [-0.39, 0.29) is 0 Å². The summed E-state index contributed by atoms with van der Waals surface area (Å²) in [6.07, 6.45) is -4.23. The Bertz CT molecular complexity index is 820. The predicted octanol–water partition coefficient (Wildman–Crippen LogP) is 0.933. The van der Waals surface area contributed by atoms with Gasteiger partial charge in [-0.3, -0.25) is 4.68 Å². The van der Waals surface area contributed by atoms with Gasteiger partial charge in [-0.1, -0.05) is 38.1 Å². The Morgan fingerprint density at radius 1 is 1.03 bits per heavy atom. The monoisotopic (exact) mass is 420 g/mol. The molecule has 3 rings (SSSR count). The summed E-state index contributed by atoms with van der Waals surface area (Å²) < 4.78 is 13.2. The first kappa shape index (κ1) is 22.7. The van der Waals surface area contributed by atoms with Crippen LogP contribution < -0.4 is 4.74 Å². The van der Waals surface area contributed by atoms with Crippen LogP contribution in [0.15, 0.2) is 24.3 Å². The van der Waals surface area contributed by atoms with E-state index in [9.17, 15) is 20.4 Å². The molecule has 2 aromatic rings. The number of nitrogens with zero attached hydrogens (tertiary/aromatic N) is 2. The fraction of sp³-hybridized carbons (Fsp3) is 0.591. The van der Waals surface area contributed by atoms with Gasteiger partial charge in [0, 0.05) is 24.2 Å². The molecule has 8 heteroatoms. The lowest BCUT2D eigenvalue weighted by atomic mass is 9.99. The second-order valence-electron chi connectivity index (χ2n) is 7.75. The average Bonchev–Trinajstić information content (AvgIpc) is 3.03. The fourth-order valence-corrected chi connectivity index (χ4v) is 3.65. The number of aliphatic hydroxyl groups is 4. The third-order valence-corrected chi connectivity index (χ3v) is 5.62. The van der Waals surface area contributed by atoms with Crippen LogP contribution in [0, 0.1) is 6.92 Å². The quantitative estimate of drug-likeness (QED) is 0.502. The van der Waals surface area contributed by atoms with E-state index in [0.29, 0.717) is 18.8 Å². The van der Waals surface area contributed by atoms with Crippen LogP contribution in [0.2, 0.25) is 0 Å². The zero-order valence-electron chi connectivity index (χ0n) is 17.7. The molecule has 0 radical (unpaired) electrons. The van der Waals surface area contributed by atoms with E-state index in [4.69, 9.17) is 9.47 Å². The molecule has 1 aromatic carbocycles.